The first-order chi connectivity index (χ1) is 14.1. The molecule has 0 saturated carbocycles. The molecule has 0 radical (unpaired) electrons. The smallest absolute Gasteiger partial charge is 0.317 e. The van der Waals surface area contributed by atoms with Crippen LogP contribution in [0.3, 0.4) is 0 Å². The Bertz CT molecular complexity index is 640. The van der Waals surface area contributed by atoms with Gasteiger partial charge in [-0.3, -0.25) is 14.6 Å². The second kappa shape index (κ2) is 12.4. The number of amides is 3. The van der Waals surface area contributed by atoms with E-state index < -0.39 is 0 Å². The molecular weight excluding hydrogens is 366 g/mol. The minimum Gasteiger partial charge on any atom is -0.355 e. The molecular formula is C22H37N5O2. The van der Waals surface area contributed by atoms with E-state index in [1.54, 1.807) is 0 Å². The summed E-state index contributed by atoms with van der Waals surface area (Å²) in [6.45, 7) is 13.7. The van der Waals surface area contributed by atoms with Crippen molar-refractivity contribution >= 4 is 11.9 Å². The van der Waals surface area contributed by atoms with Crippen molar-refractivity contribution in [2.75, 3.05) is 52.4 Å². The first-order valence-electron chi connectivity index (χ1n) is 10.9. The molecule has 1 heterocycles. The summed E-state index contributed by atoms with van der Waals surface area (Å²) in [5.74, 6) is 0.0644. The molecule has 1 fully saturated rings. The van der Waals surface area contributed by atoms with E-state index in [2.05, 4.69) is 52.5 Å². The summed E-state index contributed by atoms with van der Waals surface area (Å²) in [5.41, 5.74) is 2.43. The number of urea groups is 1. The summed E-state index contributed by atoms with van der Waals surface area (Å²) in [7, 11) is 0. The minimum absolute atomic E-state index is 0.0299. The molecule has 3 amide bonds. The third-order valence-corrected chi connectivity index (χ3v) is 5.44. The van der Waals surface area contributed by atoms with Crippen molar-refractivity contribution in [2.24, 2.45) is 0 Å². The molecule has 29 heavy (non-hydrogen) atoms. The maximum absolute atomic E-state index is 12.6. The van der Waals surface area contributed by atoms with Crippen LogP contribution in [0.15, 0.2) is 24.3 Å². The first-order valence-corrected chi connectivity index (χ1v) is 10.9. The van der Waals surface area contributed by atoms with Gasteiger partial charge >= 0.3 is 6.03 Å². The number of piperazine rings is 1. The topological polar surface area (TPSA) is 67.9 Å². The lowest BCUT2D eigenvalue weighted by molar-refractivity contribution is -0.122. The molecule has 2 N–H and O–H groups in total. The van der Waals surface area contributed by atoms with Crippen molar-refractivity contribution < 1.29 is 9.59 Å². The van der Waals surface area contributed by atoms with Gasteiger partial charge in [0.2, 0.25) is 5.91 Å². The van der Waals surface area contributed by atoms with Crippen LogP contribution in [0.5, 0.6) is 0 Å². The van der Waals surface area contributed by atoms with Gasteiger partial charge in [0.05, 0.1) is 6.54 Å². The molecule has 1 saturated heterocycles. The zero-order valence-corrected chi connectivity index (χ0v) is 18.2. The summed E-state index contributed by atoms with van der Waals surface area (Å²) in [6, 6.07) is 8.28. The van der Waals surface area contributed by atoms with Crippen molar-refractivity contribution in [1.29, 1.82) is 0 Å². The fourth-order valence-corrected chi connectivity index (χ4v) is 3.49. The van der Waals surface area contributed by atoms with Crippen molar-refractivity contribution in [1.82, 2.24) is 25.3 Å². The number of hydrogen-bond acceptors (Lipinski definition) is 4. The summed E-state index contributed by atoms with van der Waals surface area (Å²) in [5, 5.41) is 5.97. The second-order valence-corrected chi connectivity index (χ2v) is 7.50. The van der Waals surface area contributed by atoms with E-state index in [1.165, 1.54) is 11.1 Å². The number of rotatable bonds is 10. The van der Waals surface area contributed by atoms with E-state index in [4.69, 9.17) is 0 Å². The van der Waals surface area contributed by atoms with Gasteiger partial charge in [0.15, 0.2) is 0 Å². The largest absolute Gasteiger partial charge is 0.355 e. The van der Waals surface area contributed by atoms with Gasteiger partial charge in [-0.15, -0.1) is 0 Å². The standard InChI is InChI=1S/C22H37N5O2/c1-4-11-23-21(28)18-26-12-14-27(15-13-26)22(29)24-16-19-9-7-8-10-20(19)17-25(5-2)6-3/h7-10H,4-6,11-18H2,1-3H3,(H,23,28)(H,24,29). The molecule has 1 aromatic carbocycles. The highest BCUT2D eigenvalue weighted by atomic mass is 16.2. The third kappa shape index (κ3) is 7.66. The Balaban J connectivity index is 1.79. The highest BCUT2D eigenvalue weighted by Gasteiger charge is 2.22. The lowest BCUT2D eigenvalue weighted by Crippen LogP contribution is -2.53. The Morgan fingerprint density at radius 1 is 0.966 bits per heavy atom. The Labute approximate surface area is 175 Å². The van der Waals surface area contributed by atoms with Crippen LogP contribution in [0, 0.1) is 0 Å². The number of carbonyl (C=O) groups is 2. The summed E-state index contributed by atoms with van der Waals surface area (Å²) in [6.07, 6.45) is 0.942. The molecule has 7 nitrogen and oxygen atoms in total. The first kappa shape index (κ1) is 23.2. The van der Waals surface area contributed by atoms with E-state index in [-0.39, 0.29) is 11.9 Å². The monoisotopic (exact) mass is 403 g/mol. The van der Waals surface area contributed by atoms with Gasteiger partial charge in [-0.1, -0.05) is 45.0 Å². The minimum atomic E-state index is -0.0299. The van der Waals surface area contributed by atoms with E-state index in [0.717, 1.165) is 45.7 Å². The van der Waals surface area contributed by atoms with Gasteiger partial charge in [-0.05, 0) is 30.6 Å². The molecule has 0 spiro atoms. The quantitative estimate of drug-likeness (QED) is 0.626. The number of carbonyl (C=O) groups excluding carboxylic acids is 2. The Morgan fingerprint density at radius 2 is 1.62 bits per heavy atom. The number of nitrogens with zero attached hydrogens (tertiary/aromatic N) is 3. The van der Waals surface area contributed by atoms with E-state index in [1.807, 2.05) is 17.9 Å². The van der Waals surface area contributed by atoms with Gasteiger partial charge < -0.3 is 15.5 Å². The van der Waals surface area contributed by atoms with Crippen molar-refractivity contribution in [2.45, 2.75) is 40.3 Å². The van der Waals surface area contributed by atoms with Crippen molar-refractivity contribution in [3.63, 3.8) is 0 Å². The fraction of sp³-hybridized carbons (Fsp3) is 0.636. The molecule has 0 aliphatic carbocycles. The van der Waals surface area contributed by atoms with Crippen LogP contribution in [-0.2, 0) is 17.9 Å². The Morgan fingerprint density at radius 3 is 2.24 bits per heavy atom. The summed E-state index contributed by atoms with van der Waals surface area (Å²) < 4.78 is 0. The van der Waals surface area contributed by atoms with E-state index in [9.17, 15) is 9.59 Å². The molecule has 0 aromatic heterocycles. The highest BCUT2D eigenvalue weighted by Crippen LogP contribution is 2.12. The van der Waals surface area contributed by atoms with Crippen LogP contribution < -0.4 is 10.6 Å². The summed E-state index contributed by atoms with van der Waals surface area (Å²) in [4.78, 5) is 30.8. The Kier molecular flexibility index (Phi) is 9.94. The van der Waals surface area contributed by atoms with Crippen molar-refractivity contribution in [3.05, 3.63) is 35.4 Å². The van der Waals surface area contributed by atoms with Crippen LogP contribution in [0.25, 0.3) is 0 Å². The van der Waals surface area contributed by atoms with Gasteiger partial charge in [0.1, 0.15) is 0 Å². The average molecular weight is 404 g/mol. The van der Waals surface area contributed by atoms with Crippen molar-refractivity contribution in [3.8, 4) is 0 Å². The molecule has 2 rings (SSSR count). The van der Waals surface area contributed by atoms with Gasteiger partial charge in [-0.2, -0.15) is 0 Å². The lowest BCUT2D eigenvalue weighted by atomic mass is 10.1. The van der Waals surface area contributed by atoms with Crippen LogP contribution in [0.2, 0.25) is 0 Å². The molecule has 0 atom stereocenters. The molecule has 1 aromatic rings. The average Bonchev–Trinajstić information content (AvgIpc) is 2.75. The van der Waals surface area contributed by atoms with E-state index >= 15 is 0 Å². The predicted molar refractivity (Wildman–Crippen MR) is 117 cm³/mol. The molecule has 0 unspecified atom stereocenters. The number of nitrogens with one attached hydrogen (secondary N) is 2. The number of hydrogen-bond donors (Lipinski definition) is 2. The number of benzene rings is 1. The SMILES string of the molecule is CCCNC(=O)CN1CCN(C(=O)NCc2ccccc2CN(CC)CC)CC1. The van der Waals surface area contributed by atoms with E-state index in [0.29, 0.717) is 26.2 Å². The molecule has 162 valence electrons. The third-order valence-electron chi connectivity index (χ3n) is 5.44. The predicted octanol–water partition coefficient (Wildman–Crippen LogP) is 1.88. The Hall–Kier alpha value is -2.12. The van der Waals surface area contributed by atoms with Crippen LogP contribution in [-0.4, -0.2) is 79.0 Å². The lowest BCUT2D eigenvalue weighted by Gasteiger charge is -2.34. The molecule has 1 aliphatic heterocycles. The molecule has 1 aliphatic rings. The molecule has 0 bridgehead atoms. The zero-order chi connectivity index (χ0) is 21.1. The van der Waals surface area contributed by atoms with Gasteiger partial charge in [0, 0.05) is 45.8 Å². The fourth-order valence-electron chi connectivity index (χ4n) is 3.49. The molecule has 7 heteroatoms. The zero-order valence-electron chi connectivity index (χ0n) is 18.2. The summed E-state index contributed by atoms with van der Waals surface area (Å²) >= 11 is 0. The van der Waals surface area contributed by atoms with Crippen LogP contribution in [0.4, 0.5) is 4.79 Å². The van der Waals surface area contributed by atoms with Gasteiger partial charge in [-0.25, -0.2) is 4.79 Å². The maximum Gasteiger partial charge on any atom is 0.317 e. The van der Waals surface area contributed by atoms with Gasteiger partial charge in [0.25, 0.3) is 0 Å². The normalized spacial score (nSPS) is 14.8. The maximum atomic E-state index is 12.6. The van der Waals surface area contributed by atoms with Crippen LogP contribution >= 0.6 is 0 Å². The second-order valence-electron chi connectivity index (χ2n) is 7.50. The highest BCUT2D eigenvalue weighted by molar-refractivity contribution is 5.78. The van der Waals surface area contributed by atoms with Crippen LogP contribution in [0.1, 0.15) is 38.3 Å².